The zero-order chi connectivity index (χ0) is 20.6. The molecule has 0 aliphatic heterocycles. The van der Waals surface area contributed by atoms with E-state index in [4.69, 9.17) is 4.74 Å². The van der Waals surface area contributed by atoms with E-state index < -0.39 is 5.97 Å². The van der Waals surface area contributed by atoms with Gasteiger partial charge >= 0.3 is 5.97 Å². The van der Waals surface area contributed by atoms with E-state index in [0.717, 1.165) is 5.56 Å². The monoisotopic (exact) mass is 389 g/mol. The highest BCUT2D eigenvalue weighted by atomic mass is 16.5. The third-order valence-corrected chi connectivity index (χ3v) is 3.95. The number of carbonyl (C=O) groups excluding carboxylic acids is 3. The minimum Gasteiger partial charge on any atom is -0.427 e. The molecule has 0 atom stereocenters. The second-order valence-electron chi connectivity index (χ2n) is 6.20. The van der Waals surface area contributed by atoms with Crippen molar-refractivity contribution in [2.24, 2.45) is 0 Å². The molecule has 0 saturated carbocycles. The van der Waals surface area contributed by atoms with Crippen LogP contribution in [-0.2, 0) is 11.3 Å². The topological polar surface area (TPSA) is 97.4 Å². The molecule has 2 N–H and O–H groups in total. The van der Waals surface area contributed by atoms with Crippen LogP contribution in [0.25, 0.3) is 0 Å². The number of aromatic nitrogens is 1. The molecule has 0 radical (unpaired) electrons. The first-order valence-corrected chi connectivity index (χ1v) is 8.88. The molecule has 3 rings (SSSR count). The number of amides is 2. The zero-order valence-electron chi connectivity index (χ0n) is 15.7. The SMILES string of the molecule is CC(=O)Oc1cccc(C(=O)NCc2ccc(NC(=O)c3cccnc3)cc2)c1. The lowest BCUT2D eigenvalue weighted by Crippen LogP contribution is -2.22. The van der Waals surface area contributed by atoms with E-state index in [1.165, 1.54) is 19.2 Å². The van der Waals surface area contributed by atoms with Gasteiger partial charge in [-0.1, -0.05) is 18.2 Å². The molecule has 2 aromatic carbocycles. The van der Waals surface area contributed by atoms with Crippen LogP contribution in [-0.4, -0.2) is 22.8 Å². The van der Waals surface area contributed by atoms with E-state index in [-0.39, 0.29) is 11.8 Å². The summed E-state index contributed by atoms with van der Waals surface area (Å²) in [6.07, 6.45) is 3.10. The van der Waals surface area contributed by atoms with E-state index in [1.807, 2.05) is 12.1 Å². The molecule has 0 spiro atoms. The standard InChI is InChI=1S/C22H19N3O4/c1-15(26)29-20-6-2-4-17(12-20)21(27)24-13-16-7-9-19(10-8-16)25-22(28)18-5-3-11-23-14-18/h2-12,14H,13H2,1H3,(H,24,27)(H,25,28). The highest BCUT2D eigenvalue weighted by Gasteiger charge is 2.09. The van der Waals surface area contributed by atoms with E-state index in [2.05, 4.69) is 15.6 Å². The van der Waals surface area contributed by atoms with Gasteiger partial charge in [-0.25, -0.2) is 0 Å². The number of ether oxygens (including phenoxy) is 1. The van der Waals surface area contributed by atoms with Crippen molar-refractivity contribution in [2.45, 2.75) is 13.5 Å². The fourth-order valence-electron chi connectivity index (χ4n) is 2.56. The number of esters is 1. The minimum atomic E-state index is -0.446. The van der Waals surface area contributed by atoms with Gasteiger partial charge in [-0.2, -0.15) is 0 Å². The quantitative estimate of drug-likeness (QED) is 0.498. The van der Waals surface area contributed by atoms with Gasteiger partial charge in [-0.05, 0) is 48.0 Å². The predicted octanol–water partition coefficient (Wildman–Crippen LogP) is 3.19. The van der Waals surface area contributed by atoms with E-state index in [0.29, 0.717) is 29.1 Å². The van der Waals surface area contributed by atoms with Crippen molar-refractivity contribution in [1.82, 2.24) is 10.3 Å². The summed E-state index contributed by atoms with van der Waals surface area (Å²) in [4.78, 5) is 39.4. The van der Waals surface area contributed by atoms with Crippen LogP contribution in [0.5, 0.6) is 5.75 Å². The van der Waals surface area contributed by atoms with Gasteiger partial charge in [0.1, 0.15) is 5.75 Å². The fourth-order valence-corrected chi connectivity index (χ4v) is 2.56. The molecule has 2 amide bonds. The van der Waals surface area contributed by atoms with Gasteiger partial charge in [0, 0.05) is 37.1 Å². The molecule has 3 aromatic rings. The first-order chi connectivity index (χ1) is 14.0. The largest absolute Gasteiger partial charge is 0.427 e. The molecule has 0 fully saturated rings. The highest BCUT2D eigenvalue weighted by molar-refractivity contribution is 6.04. The maximum absolute atomic E-state index is 12.3. The number of nitrogens with zero attached hydrogens (tertiary/aromatic N) is 1. The molecule has 7 heteroatoms. The van der Waals surface area contributed by atoms with Crippen LogP contribution in [0.3, 0.4) is 0 Å². The molecule has 1 aromatic heterocycles. The van der Waals surface area contributed by atoms with Crippen LogP contribution < -0.4 is 15.4 Å². The van der Waals surface area contributed by atoms with Crippen LogP contribution in [0.2, 0.25) is 0 Å². The third-order valence-electron chi connectivity index (χ3n) is 3.95. The first-order valence-electron chi connectivity index (χ1n) is 8.88. The van der Waals surface area contributed by atoms with E-state index >= 15 is 0 Å². The van der Waals surface area contributed by atoms with Crippen LogP contribution in [0.1, 0.15) is 33.2 Å². The fraction of sp³-hybridized carbons (Fsp3) is 0.0909. The number of pyridine rings is 1. The average molecular weight is 389 g/mol. The summed E-state index contributed by atoms with van der Waals surface area (Å²) in [6.45, 7) is 1.61. The maximum atomic E-state index is 12.3. The van der Waals surface area contributed by atoms with Crippen LogP contribution in [0.15, 0.2) is 73.1 Å². The summed E-state index contributed by atoms with van der Waals surface area (Å²) in [5.41, 5.74) is 2.38. The maximum Gasteiger partial charge on any atom is 0.308 e. The number of hydrogen-bond donors (Lipinski definition) is 2. The molecule has 0 aliphatic rings. The Labute approximate surface area is 167 Å². The molecule has 0 unspecified atom stereocenters. The number of rotatable bonds is 6. The predicted molar refractivity (Wildman–Crippen MR) is 108 cm³/mol. The molecule has 146 valence electrons. The van der Waals surface area contributed by atoms with Crippen molar-refractivity contribution in [1.29, 1.82) is 0 Å². The normalized spacial score (nSPS) is 10.1. The first kappa shape index (κ1) is 19.8. The molecule has 7 nitrogen and oxygen atoms in total. The lowest BCUT2D eigenvalue weighted by molar-refractivity contribution is -0.131. The molecular weight excluding hydrogens is 370 g/mol. The van der Waals surface area contributed by atoms with Gasteiger partial charge in [-0.3, -0.25) is 19.4 Å². The Morgan fingerprint density at radius 2 is 1.69 bits per heavy atom. The van der Waals surface area contributed by atoms with Crippen molar-refractivity contribution in [3.05, 3.63) is 89.7 Å². The van der Waals surface area contributed by atoms with Crippen molar-refractivity contribution < 1.29 is 19.1 Å². The summed E-state index contributed by atoms with van der Waals surface area (Å²) in [6, 6.07) is 16.9. The molecule has 0 aliphatic carbocycles. The van der Waals surface area contributed by atoms with E-state index in [1.54, 1.807) is 48.7 Å². The van der Waals surface area contributed by atoms with Gasteiger partial charge in [0.2, 0.25) is 0 Å². The average Bonchev–Trinajstić information content (AvgIpc) is 2.73. The Bertz CT molecular complexity index is 1020. The van der Waals surface area contributed by atoms with Crippen molar-refractivity contribution in [2.75, 3.05) is 5.32 Å². The Hall–Kier alpha value is -4.00. The molecule has 1 heterocycles. The van der Waals surface area contributed by atoms with Gasteiger partial charge in [0.05, 0.1) is 5.56 Å². The third kappa shape index (κ3) is 5.74. The summed E-state index contributed by atoms with van der Waals surface area (Å²) in [5.74, 6) is -0.656. The second-order valence-corrected chi connectivity index (χ2v) is 6.20. The van der Waals surface area contributed by atoms with E-state index in [9.17, 15) is 14.4 Å². The second kappa shape index (κ2) is 9.27. The highest BCUT2D eigenvalue weighted by Crippen LogP contribution is 2.14. The summed E-state index contributed by atoms with van der Waals surface area (Å²) in [5, 5.41) is 5.60. The van der Waals surface area contributed by atoms with Gasteiger partial charge in [0.25, 0.3) is 11.8 Å². The smallest absolute Gasteiger partial charge is 0.308 e. The number of anilines is 1. The zero-order valence-corrected chi connectivity index (χ0v) is 15.7. The Morgan fingerprint density at radius 3 is 2.38 bits per heavy atom. The Morgan fingerprint density at radius 1 is 0.931 bits per heavy atom. The van der Waals surface area contributed by atoms with Crippen LogP contribution >= 0.6 is 0 Å². The number of hydrogen-bond acceptors (Lipinski definition) is 5. The van der Waals surface area contributed by atoms with Gasteiger partial charge in [-0.15, -0.1) is 0 Å². The summed E-state index contributed by atoms with van der Waals surface area (Å²) in [7, 11) is 0. The van der Waals surface area contributed by atoms with Crippen molar-refractivity contribution >= 4 is 23.5 Å². The lowest BCUT2D eigenvalue weighted by Gasteiger charge is -2.09. The molecule has 0 bridgehead atoms. The van der Waals surface area contributed by atoms with Crippen LogP contribution in [0.4, 0.5) is 5.69 Å². The van der Waals surface area contributed by atoms with Crippen molar-refractivity contribution in [3.8, 4) is 5.75 Å². The van der Waals surface area contributed by atoms with Gasteiger partial charge in [0.15, 0.2) is 0 Å². The molecular formula is C22H19N3O4. The molecule has 29 heavy (non-hydrogen) atoms. The summed E-state index contributed by atoms with van der Waals surface area (Å²) < 4.78 is 4.99. The number of nitrogens with one attached hydrogen (secondary N) is 2. The van der Waals surface area contributed by atoms with Crippen molar-refractivity contribution in [3.63, 3.8) is 0 Å². The minimum absolute atomic E-state index is 0.244. The Balaban J connectivity index is 1.55. The molecule has 0 saturated heterocycles. The number of carbonyl (C=O) groups is 3. The Kier molecular flexibility index (Phi) is 6.32. The summed E-state index contributed by atoms with van der Waals surface area (Å²) >= 11 is 0. The van der Waals surface area contributed by atoms with Gasteiger partial charge < -0.3 is 15.4 Å². The number of benzene rings is 2. The van der Waals surface area contributed by atoms with Crippen LogP contribution in [0, 0.1) is 0 Å². The lowest BCUT2D eigenvalue weighted by atomic mass is 10.1.